The van der Waals surface area contributed by atoms with Crippen LogP contribution in [-0.2, 0) is 5.41 Å². The summed E-state index contributed by atoms with van der Waals surface area (Å²) < 4.78 is 26.8. The summed E-state index contributed by atoms with van der Waals surface area (Å²) in [5, 5.41) is 10.4. The molecule has 6 heteroatoms. The molecule has 0 saturated heterocycles. The fraction of sp³-hybridized carbons (Fsp3) is 0.400. The van der Waals surface area contributed by atoms with E-state index in [9.17, 15) is 18.9 Å². The molecule has 88 valence electrons. The average molecular weight is 230 g/mol. The molecule has 0 aliphatic heterocycles. The summed E-state index contributed by atoms with van der Waals surface area (Å²) in [6.45, 7) is 3.38. The summed E-state index contributed by atoms with van der Waals surface area (Å²) in [7, 11) is 0. The van der Waals surface area contributed by atoms with Crippen molar-refractivity contribution in [3.63, 3.8) is 0 Å². The normalized spacial score (nSPS) is 11.6. The maximum absolute atomic E-state index is 13.5. The third kappa shape index (κ3) is 2.16. The van der Waals surface area contributed by atoms with Crippen LogP contribution in [0.25, 0.3) is 0 Å². The Morgan fingerprint density at radius 3 is 2.38 bits per heavy atom. The summed E-state index contributed by atoms with van der Waals surface area (Å²) in [5.74, 6) is -1.87. The highest BCUT2D eigenvalue weighted by Crippen LogP contribution is 2.29. The Labute approximate surface area is 91.2 Å². The monoisotopic (exact) mass is 230 g/mol. The second-order valence-electron chi connectivity index (χ2n) is 4.13. The van der Waals surface area contributed by atoms with Crippen molar-refractivity contribution < 1.29 is 13.7 Å². The van der Waals surface area contributed by atoms with Gasteiger partial charge in [-0.3, -0.25) is 10.1 Å². The zero-order valence-electron chi connectivity index (χ0n) is 8.96. The van der Waals surface area contributed by atoms with Crippen LogP contribution >= 0.6 is 0 Å². The van der Waals surface area contributed by atoms with E-state index < -0.39 is 27.7 Å². The van der Waals surface area contributed by atoms with E-state index in [0.717, 1.165) is 6.07 Å². The highest BCUT2D eigenvalue weighted by Gasteiger charge is 2.27. The zero-order valence-corrected chi connectivity index (χ0v) is 8.96. The van der Waals surface area contributed by atoms with Gasteiger partial charge >= 0.3 is 5.69 Å². The Kier molecular flexibility index (Phi) is 3.23. The van der Waals surface area contributed by atoms with Crippen molar-refractivity contribution in [2.75, 3.05) is 6.54 Å². The molecule has 0 atom stereocenters. The van der Waals surface area contributed by atoms with Crippen molar-refractivity contribution in [1.29, 1.82) is 0 Å². The second-order valence-corrected chi connectivity index (χ2v) is 4.13. The zero-order chi connectivity index (χ0) is 12.5. The molecule has 1 aromatic carbocycles. The number of nitro benzene ring substituents is 1. The van der Waals surface area contributed by atoms with Gasteiger partial charge in [0, 0.05) is 12.0 Å². The lowest BCUT2D eigenvalue weighted by Gasteiger charge is -2.23. The van der Waals surface area contributed by atoms with Gasteiger partial charge in [0.05, 0.1) is 11.0 Å². The number of halogens is 2. The predicted octanol–water partition coefficient (Wildman–Crippen LogP) is 2.11. The molecule has 0 heterocycles. The number of hydrogen-bond acceptors (Lipinski definition) is 3. The lowest BCUT2D eigenvalue weighted by atomic mass is 9.84. The highest BCUT2D eigenvalue weighted by atomic mass is 19.1. The third-order valence-corrected chi connectivity index (χ3v) is 2.47. The molecule has 0 unspecified atom stereocenters. The first-order valence-corrected chi connectivity index (χ1v) is 4.63. The second kappa shape index (κ2) is 4.13. The van der Waals surface area contributed by atoms with E-state index in [4.69, 9.17) is 5.73 Å². The molecule has 0 fully saturated rings. The minimum absolute atomic E-state index is 0.0399. The van der Waals surface area contributed by atoms with Crippen molar-refractivity contribution in [3.8, 4) is 0 Å². The van der Waals surface area contributed by atoms with Gasteiger partial charge in [-0.2, -0.15) is 4.39 Å². The molecule has 16 heavy (non-hydrogen) atoms. The number of nitrogens with two attached hydrogens (primary N) is 1. The Bertz CT molecular complexity index is 433. The molecule has 4 nitrogen and oxygen atoms in total. The molecule has 0 saturated carbocycles. The number of benzene rings is 1. The first-order chi connectivity index (χ1) is 7.29. The van der Waals surface area contributed by atoms with Crippen molar-refractivity contribution in [1.82, 2.24) is 0 Å². The van der Waals surface area contributed by atoms with Crippen LogP contribution in [0.15, 0.2) is 12.1 Å². The molecule has 1 rings (SSSR count). The van der Waals surface area contributed by atoms with E-state index in [1.54, 1.807) is 13.8 Å². The van der Waals surface area contributed by atoms with Crippen molar-refractivity contribution >= 4 is 5.69 Å². The highest BCUT2D eigenvalue weighted by molar-refractivity contribution is 5.39. The van der Waals surface area contributed by atoms with Crippen LogP contribution in [0, 0.1) is 21.7 Å². The first kappa shape index (κ1) is 12.5. The van der Waals surface area contributed by atoms with E-state index >= 15 is 0 Å². The fourth-order valence-corrected chi connectivity index (χ4v) is 1.30. The minimum atomic E-state index is -1.05. The van der Waals surface area contributed by atoms with Crippen LogP contribution in [0.4, 0.5) is 14.5 Å². The summed E-state index contributed by atoms with van der Waals surface area (Å²) in [6.07, 6.45) is 0. The van der Waals surface area contributed by atoms with Crippen LogP contribution < -0.4 is 5.73 Å². The van der Waals surface area contributed by atoms with Gasteiger partial charge in [-0.05, 0) is 11.6 Å². The van der Waals surface area contributed by atoms with Gasteiger partial charge in [0.25, 0.3) is 0 Å². The van der Waals surface area contributed by atoms with Gasteiger partial charge in [0.2, 0.25) is 5.82 Å². The topological polar surface area (TPSA) is 69.2 Å². The first-order valence-electron chi connectivity index (χ1n) is 4.63. The van der Waals surface area contributed by atoms with Gasteiger partial charge in [0.1, 0.15) is 5.82 Å². The van der Waals surface area contributed by atoms with Gasteiger partial charge in [-0.15, -0.1) is 0 Å². The summed E-state index contributed by atoms with van der Waals surface area (Å²) >= 11 is 0. The molecule has 0 aliphatic rings. The molecule has 0 aromatic heterocycles. The summed E-state index contributed by atoms with van der Waals surface area (Å²) in [6, 6.07) is 1.42. The van der Waals surface area contributed by atoms with E-state index in [-0.39, 0.29) is 12.1 Å². The number of nitro groups is 1. The van der Waals surface area contributed by atoms with Gasteiger partial charge < -0.3 is 5.73 Å². The molecular formula is C10H12F2N2O2. The van der Waals surface area contributed by atoms with Crippen LogP contribution in [0.1, 0.15) is 19.4 Å². The van der Waals surface area contributed by atoms with E-state index in [1.165, 1.54) is 0 Å². The molecule has 0 radical (unpaired) electrons. The van der Waals surface area contributed by atoms with Crippen LogP contribution in [-0.4, -0.2) is 11.5 Å². The number of hydrogen-bond donors (Lipinski definition) is 1. The van der Waals surface area contributed by atoms with Crippen LogP contribution in [0.3, 0.4) is 0 Å². The maximum Gasteiger partial charge on any atom is 0.307 e. The quantitative estimate of drug-likeness (QED) is 0.638. The maximum atomic E-state index is 13.5. The molecule has 0 amide bonds. The smallest absolute Gasteiger partial charge is 0.307 e. The molecule has 0 bridgehead atoms. The average Bonchev–Trinajstić information content (AvgIpc) is 2.20. The van der Waals surface area contributed by atoms with Gasteiger partial charge in [-0.25, -0.2) is 4.39 Å². The third-order valence-electron chi connectivity index (χ3n) is 2.47. The summed E-state index contributed by atoms with van der Waals surface area (Å²) in [4.78, 5) is 9.42. The van der Waals surface area contributed by atoms with E-state index in [0.29, 0.717) is 6.07 Å². The SMILES string of the molecule is CC(C)(CN)c1cc(F)c([N+](=O)[O-])cc1F. The van der Waals surface area contributed by atoms with Crippen LogP contribution in [0.5, 0.6) is 0 Å². The molecule has 0 aliphatic carbocycles. The predicted molar refractivity (Wildman–Crippen MR) is 55.1 cm³/mol. The Balaban J connectivity index is 3.37. The molecular weight excluding hydrogens is 218 g/mol. The van der Waals surface area contributed by atoms with Gasteiger partial charge in [0.15, 0.2) is 0 Å². The lowest BCUT2D eigenvalue weighted by Crippen LogP contribution is -2.29. The van der Waals surface area contributed by atoms with Crippen molar-refractivity contribution in [2.45, 2.75) is 19.3 Å². The number of rotatable bonds is 3. The van der Waals surface area contributed by atoms with Gasteiger partial charge in [-0.1, -0.05) is 13.8 Å². The molecule has 0 spiro atoms. The minimum Gasteiger partial charge on any atom is -0.330 e. The molecule has 1 aromatic rings. The lowest BCUT2D eigenvalue weighted by molar-refractivity contribution is -0.387. The van der Waals surface area contributed by atoms with E-state index in [2.05, 4.69) is 0 Å². The number of nitrogens with zero attached hydrogens (tertiary/aromatic N) is 1. The summed E-state index contributed by atoms with van der Waals surface area (Å²) in [5.41, 5.74) is 3.84. The largest absolute Gasteiger partial charge is 0.330 e. The standard InChI is InChI=1S/C10H12F2N2O2/c1-10(2,5-13)6-3-8(12)9(14(15)16)4-7(6)11/h3-4H,5,13H2,1-2H3. The van der Waals surface area contributed by atoms with E-state index in [1.807, 2.05) is 0 Å². The Morgan fingerprint density at radius 1 is 1.38 bits per heavy atom. The fourth-order valence-electron chi connectivity index (χ4n) is 1.30. The van der Waals surface area contributed by atoms with Crippen molar-refractivity contribution in [3.05, 3.63) is 39.4 Å². The van der Waals surface area contributed by atoms with Crippen LogP contribution in [0.2, 0.25) is 0 Å². The Hall–Kier alpha value is -1.56. The molecule has 2 N–H and O–H groups in total. The van der Waals surface area contributed by atoms with Crippen molar-refractivity contribution in [2.24, 2.45) is 5.73 Å². The Morgan fingerprint density at radius 2 is 1.94 bits per heavy atom.